The van der Waals surface area contributed by atoms with Crippen LogP contribution in [-0.2, 0) is 0 Å². The lowest BCUT2D eigenvalue weighted by molar-refractivity contribution is 0.0446. The maximum absolute atomic E-state index is 10.7. The number of hydrogen-bond donors (Lipinski definition) is 2. The Morgan fingerprint density at radius 1 is 1.41 bits per heavy atom. The summed E-state index contributed by atoms with van der Waals surface area (Å²) in [6.07, 6.45) is 3.56. The lowest BCUT2D eigenvalue weighted by Crippen LogP contribution is -2.34. The van der Waals surface area contributed by atoms with Gasteiger partial charge in [-0.1, -0.05) is 43.1 Å². The van der Waals surface area contributed by atoms with Gasteiger partial charge in [-0.2, -0.15) is 5.10 Å². The molecule has 0 fully saturated rings. The summed E-state index contributed by atoms with van der Waals surface area (Å²) in [4.78, 5) is 3.87. The quantitative estimate of drug-likeness (QED) is 0.876. The average Bonchev–Trinajstić information content (AvgIpc) is 2.97. The lowest BCUT2D eigenvalue weighted by atomic mass is 9.81. The second-order valence-corrected chi connectivity index (χ2v) is 6.48. The monoisotopic (exact) mass is 341 g/mol. The van der Waals surface area contributed by atoms with Crippen molar-refractivity contribution >= 4 is 35.0 Å². The molecule has 0 radical (unpaired) electrons. The second kappa shape index (κ2) is 6.79. The molecule has 22 heavy (non-hydrogen) atoms. The zero-order valence-corrected chi connectivity index (χ0v) is 13.8. The van der Waals surface area contributed by atoms with E-state index < -0.39 is 11.5 Å². The van der Waals surface area contributed by atoms with E-state index in [1.165, 1.54) is 17.3 Å². The van der Waals surface area contributed by atoms with Crippen LogP contribution in [0.4, 0.5) is 0 Å². The van der Waals surface area contributed by atoms with Crippen molar-refractivity contribution in [3.63, 3.8) is 0 Å². The van der Waals surface area contributed by atoms with Gasteiger partial charge >= 0.3 is 0 Å². The van der Waals surface area contributed by atoms with E-state index in [1.807, 2.05) is 0 Å². The van der Waals surface area contributed by atoms with Gasteiger partial charge in [-0.05, 0) is 12.1 Å². The molecule has 2 aromatic rings. The molecule has 1 aromatic heterocycles. The number of rotatable bonds is 5. The van der Waals surface area contributed by atoms with Crippen LogP contribution in [0.15, 0.2) is 30.9 Å². The first kappa shape index (κ1) is 17.0. The molecule has 5 nitrogen and oxygen atoms in total. The van der Waals surface area contributed by atoms with Crippen LogP contribution in [-0.4, -0.2) is 37.7 Å². The van der Waals surface area contributed by atoms with Gasteiger partial charge in [0, 0.05) is 32.8 Å². The van der Waals surface area contributed by atoms with Crippen LogP contribution in [0.3, 0.4) is 0 Å². The lowest BCUT2D eigenvalue weighted by Gasteiger charge is -2.30. The van der Waals surface area contributed by atoms with E-state index in [9.17, 15) is 10.2 Å². The van der Waals surface area contributed by atoms with E-state index in [4.69, 9.17) is 23.2 Å². The minimum atomic E-state index is -0.958. The third kappa shape index (κ3) is 3.67. The van der Waals surface area contributed by atoms with Gasteiger partial charge in [0.1, 0.15) is 12.7 Å². The predicted octanol–water partition coefficient (Wildman–Crippen LogP) is 2.96. The van der Waals surface area contributed by atoms with Gasteiger partial charge in [-0.15, -0.1) is 0 Å². The average molecular weight is 342 g/mol. The van der Waals surface area contributed by atoms with Crippen molar-refractivity contribution in [2.45, 2.75) is 20.0 Å². The van der Waals surface area contributed by atoms with Gasteiger partial charge in [0.15, 0.2) is 0 Å². The van der Waals surface area contributed by atoms with Crippen molar-refractivity contribution in [2.24, 2.45) is 5.41 Å². The highest BCUT2D eigenvalue weighted by molar-refractivity contribution is 6.35. The first-order valence-electron chi connectivity index (χ1n) is 6.65. The molecule has 1 aromatic carbocycles. The summed E-state index contributed by atoms with van der Waals surface area (Å²) in [6, 6.07) is 5.02. The van der Waals surface area contributed by atoms with Crippen molar-refractivity contribution in [2.75, 3.05) is 6.61 Å². The van der Waals surface area contributed by atoms with Gasteiger partial charge < -0.3 is 10.2 Å². The summed E-state index contributed by atoms with van der Waals surface area (Å²) in [7, 11) is 0. The van der Waals surface area contributed by atoms with Crippen LogP contribution in [0.2, 0.25) is 10.0 Å². The van der Waals surface area contributed by atoms with Crippen LogP contribution >= 0.6 is 23.2 Å². The van der Waals surface area contributed by atoms with Crippen molar-refractivity contribution in [3.8, 4) is 0 Å². The molecule has 0 aliphatic heterocycles. The second-order valence-electron chi connectivity index (χ2n) is 5.63. The number of halogens is 2. The van der Waals surface area contributed by atoms with E-state index in [-0.39, 0.29) is 6.61 Å². The fraction of sp³-hybridized carbons (Fsp3) is 0.333. The number of hydrogen-bond acceptors (Lipinski definition) is 4. The number of aliphatic hydroxyl groups is 2. The summed E-state index contributed by atoms with van der Waals surface area (Å²) >= 11 is 12.2. The van der Waals surface area contributed by atoms with Crippen LogP contribution in [0, 0.1) is 5.41 Å². The number of aliphatic hydroxyl groups excluding tert-OH is 2. The summed E-state index contributed by atoms with van der Waals surface area (Å²) in [5.41, 5.74) is 0.386. The molecule has 0 aliphatic rings. The predicted molar refractivity (Wildman–Crippen MR) is 87.5 cm³/mol. The zero-order chi connectivity index (χ0) is 16.3. The van der Waals surface area contributed by atoms with E-state index in [2.05, 4.69) is 10.1 Å². The van der Waals surface area contributed by atoms with Gasteiger partial charge in [0.05, 0.1) is 12.7 Å². The van der Waals surface area contributed by atoms with Gasteiger partial charge in [-0.25, -0.2) is 9.67 Å². The molecule has 0 unspecified atom stereocenters. The minimum Gasteiger partial charge on any atom is -0.396 e. The largest absolute Gasteiger partial charge is 0.396 e. The third-order valence-corrected chi connectivity index (χ3v) is 3.94. The third-order valence-electron chi connectivity index (χ3n) is 3.39. The van der Waals surface area contributed by atoms with Crippen molar-refractivity contribution < 1.29 is 10.2 Å². The first-order chi connectivity index (χ1) is 10.3. The Morgan fingerprint density at radius 3 is 2.68 bits per heavy atom. The highest BCUT2D eigenvalue weighted by Gasteiger charge is 2.31. The van der Waals surface area contributed by atoms with Crippen molar-refractivity contribution in [1.82, 2.24) is 14.8 Å². The van der Waals surface area contributed by atoms with E-state index in [1.54, 1.807) is 38.2 Å². The van der Waals surface area contributed by atoms with Crippen LogP contribution in [0.25, 0.3) is 11.8 Å². The molecule has 0 saturated heterocycles. The Morgan fingerprint density at radius 2 is 2.14 bits per heavy atom. The molecule has 0 aliphatic carbocycles. The van der Waals surface area contributed by atoms with E-state index in [0.717, 1.165) is 0 Å². The summed E-state index contributed by atoms with van der Waals surface area (Å²) in [5.74, 6) is 0. The standard InChI is InChI=1S/C15H17Cl2N3O2/c1-15(2,7-21)14(22)12(6-20-9-18-8-19-20)11-4-3-10(16)5-13(11)17/h3-6,8-9,14,21-22H,7H2,1-2H3/b12-6-/t14-/m0/s1. The Hall–Kier alpha value is -1.40. The highest BCUT2D eigenvalue weighted by Crippen LogP contribution is 2.35. The van der Waals surface area contributed by atoms with Crippen molar-refractivity contribution in [1.29, 1.82) is 0 Å². The summed E-state index contributed by atoms with van der Waals surface area (Å²) in [6.45, 7) is 3.33. The number of benzene rings is 1. The fourth-order valence-electron chi connectivity index (χ4n) is 1.95. The molecule has 0 bridgehead atoms. The molecule has 0 spiro atoms. The highest BCUT2D eigenvalue weighted by atomic mass is 35.5. The smallest absolute Gasteiger partial charge is 0.138 e. The van der Waals surface area contributed by atoms with Gasteiger partial charge in [0.2, 0.25) is 0 Å². The van der Waals surface area contributed by atoms with Crippen LogP contribution < -0.4 is 0 Å². The molecule has 0 amide bonds. The Balaban J connectivity index is 2.55. The number of aromatic nitrogens is 3. The molecule has 0 saturated carbocycles. The summed E-state index contributed by atoms with van der Waals surface area (Å²) < 4.78 is 1.47. The first-order valence-corrected chi connectivity index (χ1v) is 7.41. The maximum atomic E-state index is 10.7. The summed E-state index contributed by atoms with van der Waals surface area (Å²) in [5, 5.41) is 25.1. The Bertz CT molecular complexity index is 669. The van der Waals surface area contributed by atoms with Gasteiger partial charge in [-0.3, -0.25) is 0 Å². The van der Waals surface area contributed by atoms with E-state index in [0.29, 0.717) is 21.2 Å². The minimum absolute atomic E-state index is 0.186. The zero-order valence-electron chi connectivity index (χ0n) is 12.2. The van der Waals surface area contributed by atoms with Crippen molar-refractivity contribution in [3.05, 3.63) is 46.5 Å². The molecule has 2 N–H and O–H groups in total. The van der Waals surface area contributed by atoms with Gasteiger partial charge in [0.25, 0.3) is 0 Å². The van der Waals surface area contributed by atoms with Crippen LogP contribution in [0.1, 0.15) is 19.4 Å². The molecular weight excluding hydrogens is 325 g/mol. The fourth-order valence-corrected chi connectivity index (χ4v) is 2.46. The molecule has 2 rings (SSSR count). The maximum Gasteiger partial charge on any atom is 0.138 e. The SMILES string of the molecule is CC(C)(CO)[C@@H](O)/C(=C\n1cncn1)c1ccc(Cl)cc1Cl. The molecule has 118 valence electrons. The Kier molecular flexibility index (Phi) is 5.24. The molecule has 7 heteroatoms. The molecule has 1 atom stereocenters. The Labute approximate surface area is 138 Å². The molecular formula is C15H17Cl2N3O2. The molecule has 1 heterocycles. The normalized spacial score (nSPS) is 14.2. The number of nitrogens with zero attached hydrogens (tertiary/aromatic N) is 3. The topological polar surface area (TPSA) is 71.2 Å². The van der Waals surface area contributed by atoms with E-state index >= 15 is 0 Å². The van der Waals surface area contributed by atoms with Crippen LogP contribution in [0.5, 0.6) is 0 Å².